The average molecular weight is 212 g/mol. The molecule has 2 nitrogen and oxygen atoms in total. The minimum atomic E-state index is -0.0118. The predicted molar refractivity (Wildman–Crippen MR) is 59.1 cm³/mol. The van der Waals surface area contributed by atoms with E-state index >= 15 is 0 Å². The van der Waals surface area contributed by atoms with E-state index in [2.05, 4.69) is 18.3 Å². The molecule has 1 aliphatic rings. The van der Waals surface area contributed by atoms with Crippen LogP contribution in [0.1, 0.15) is 12.5 Å². The van der Waals surface area contributed by atoms with Crippen molar-refractivity contribution in [1.29, 1.82) is 0 Å². The number of para-hydroxylation sites is 1. The molecule has 2 rings (SSSR count). The van der Waals surface area contributed by atoms with Gasteiger partial charge in [0.25, 0.3) is 0 Å². The van der Waals surface area contributed by atoms with Crippen molar-refractivity contribution in [3.63, 3.8) is 0 Å². The van der Waals surface area contributed by atoms with E-state index in [4.69, 9.17) is 16.3 Å². The number of rotatable bonds is 2. The second-order valence-corrected chi connectivity index (χ2v) is 4.48. The van der Waals surface area contributed by atoms with Crippen molar-refractivity contribution >= 4 is 17.3 Å². The first-order chi connectivity index (χ1) is 6.64. The Morgan fingerprint density at radius 2 is 2.36 bits per heavy atom. The van der Waals surface area contributed by atoms with Crippen LogP contribution < -0.4 is 5.32 Å². The summed E-state index contributed by atoms with van der Waals surface area (Å²) in [4.78, 5) is 0. The quantitative estimate of drug-likeness (QED) is 0.812. The average Bonchev–Trinajstić information content (AvgIpc) is 2.44. The van der Waals surface area contributed by atoms with Crippen LogP contribution in [0.2, 0.25) is 5.02 Å². The van der Waals surface area contributed by atoms with E-state index in [0.29, 0.717) is 6.61 Å². The van der Waals surface area contributed by atoms with Crippen molar-refractivity contribution in [2.24, 2.45) is 0 Å². The monoisotopic (exact) mass is 211 g/mol. The maximum absolute atomic E-state index is 6.09. The molecule has 1 N–H and O–H groups in total. The molecule has 0 saturated heterocycles. The van der Waals surface area contributed by atoms with Crippen LogP contribution in [0.3, 0.4) is 0 Å². The van der Waals surface area contributed by atoms with Crippen LogP contribution in [0.5, 0.6) is 0 Å². The lowest BCUT2D eigenvalue weighted by molar-refractivity contribution is 0.153. The van der Waals surface area contributed by atoms with E-state index in [0.717, 1.165) is 17.1 Å². The van der Waals surface area contributed by atoms with Crippen molar-refractivity contribution in [1.82, 2.24) is 0 Å². The summed E-state index contributed by atoms with van der Waals surface area (Å²) >= 11 is 6.09. The standard InChI is InChI=1S/C11H14ClNO/c1-11(7-14-2)6-8-4-3-5-9(12)10(8)13-11/h3-5,13H,6-7H2,1-2H3. The lowest BCUT2D eigenvalue weighted by Gasteiger charge is -2.24. The highest BCUT2D eigenvalue weighted by Crippen LogP contribution is 2.37. The van der Waals surface area contributed by atoms with Gasteiger partial charge in [-0.25, -0.2) is 0 Å². The fourth-order valence-electron chi connectivity index (χ4n) is 2.03. The van der Waals surface area contributed by atoms with Gasteiger partial charge < -0.3 is 10.1 Å². The fraction of sp³-hybridized carbons (Fsp3) is 0.455. The van der Waals surface area contributed by atoms with Gasteiger partial charge in [-0.2, -0.15) is 0 Å². The molecule has 0 saturated carbocycles. The molecule has 3 heteroatoms. The van der Waals surface area contributed by atoms with Crippen LogP contribution in [-0.4, -0.2) is 19.3 Å². The smallest absolute Gasteiger partial charge is 0.0693 e. The summed E-state index contributed by atoms with van der Waals surface area (Å²) < 4.78 is 5.19. The van der Waals surface area contributed by atoms with Crippen LogP contribution >= 0.6 is 11.6 Å². The second-order valence-electron chi connectivity index (χ2n) is 4.07. The van der Waals surface area contributed by atoms with Crippen LogP contribution in [0.4, 0.5) is 5.69 Å². The van der Waals surface area contributed by atoms with Crippen LogP contribution in [0, 0.1) is 0 Å². The van der Waals surface area contributed by atoms with Gasteiger partial charge in [0, 0.05) is 7.11 Å². The number of nitrogens with one attached hydrogen (secondary N) is 1. The molecule has 14 heavy (non-hydrogen) atoms. The number of anilines is 1. The van der Waals surface area contributed by atoms with Gasteiger partial charge in [0.2, 0.25) is 0 Å². The summed E-state index contributed by atoms with van der Waals surface area (Å²) in [5.41, 5.74) is 2.33. The van der Waals surface area contributed by atoms with Crippen LogP contribution in [-0.2, 0) is 11.2 Å². The summed E-state index contributed by atoms with van der Waals surface area (Å²) in [5, 5.41) is 4.22. The minimum absolute atomic E-state index is 0.0118. The van der Waals surface area contributed by atoms with Gasteiger partial charge in [0.05, 0.1) is 22.9 Å². The van der Waals surface area contributed by atoms with E-state index in [1.165, 1.54) is 5.56 Å². The van der Waals surface area contributed by atoms with Gasteiger partial charge in [-0.3, -0.25) is 0 Å². The Kier molecular flexibility index (Phi) is 2.41. The number of hydrogen-bond acceptors (Lipinski definition) is 2. The molecule has 1 aromatic carbocycles. The Hall–Kier alpha value is -0.730. The normalized spacial score (nSPS) is 24.5. The third-order valence-electron chi connectivity index (χ3n) is 2.57. The molecule has 1 atom stereocenters. The van der Waals surface area contributed by atoms with Crippen LogP contribution in [0.25, 0.3) is 0 Å². The Morgan fingerprint density at radius 3 is 3.00 bits per heavy atom. The third kappa shape index (κ3) is 1.60. The zero-order chi connectivity index (χ0) is 10.2. The Morgan fingerprint density at radius 1 is 1.57 bits per heavy atom. The lowest BCUT2D eigenvalue weighted by Crippen LogP contribution is -2.37. The zero-order valence-corrected chi connectivity index (χ0v) is 9.19. The molecule has 0 spiro atoms. The largest absolute Gasteiger partial charge is 0.382 e. The molecule has 0 aromatic heterocycles. The van der Waals surface area contributed by atoms with Crippen LogP contribution in [0.15, 0.2) is 18.2 Å². The van der Waals surface area contributed by atoms with Crippen molar-refractivity contribution in [2.75, 3.05) is 19.0 Å². The highest BCUT2D eigenvalue weighted by molar-refractivity contribution is 6.33. The van der Waals surface area contributed by atoms with Gasteiger partial charge in [0.1, 0.15) is 0 Å². The zero-order valence-electron chi connectivity index (χ0n) is 8.43. The second kappa shape index (κ2) is 3.44. The predicted octanol–water partition coefficient (Wildman–Crippen LogP) is 2.71. The maximum Gasteiger partial charge on any atom is 0.0693 e. The number of fused-ring (bicyclic) bond motifs is 1. The Balaban J connectivity index is 2.29. The molecule has 1 heterocycles. The fourth-order valence-corrected chi connectivity index (χ4v) is 2.27. The Bertz CT molecular complexity index is 353. The molecule has 1 aromatic rings. The van der Waals surface area contributed by atoms with Gasteiger partial charge in [-0.1, -0.05) is 23.7 Å². The molecule has 0 aliphatic carbocycles. The third-order valence-corrected chi connectivity index (χ3v) is 2.89. The first-order valence-electron chi connectivity index (χ1n) is 4.69. The number of halogens is 1. The van der Waals surface area contributed by atoms with Crippen molar-refractivity contribution in [3.05, 3.63) is 28.8 Å². The lowest BCUT2D eigenvalue weighted by atomic mass is 9.99. The van der Waals surface area contributed by atoms with Gasteiger partial charge >= 0.3 is 0 Å². The van der Waals surface area contributed by atoms with E-state index < -0.39 is 0 Å². The molecule has 0 amide bonds. The molecule has 1 aliphatic heterocycles. The number of hydrogen-bond donors (Lipinski definition) is 1. The number of ether oxygens (including phenoxy) is 1. The van der Waals surface area contributed by atoms with E-state index in [9.17, 15) is 0 Å². The number of benzene rings is 1. The highest BCUT2D eigenvalue weighted by atomic mass is 35.5. The minimum Gasteiger partial charge on any atom is -0.382 e. The molecular formula is C11H14ClNO. The summed E-state index contributed by atoms with van der Waals surface area (Å²) in [7, 11) is 1.72. The van der Waals surface area contributed by atoms with E-state index in [1.54, 1.807) is 7.11 Å². The first kappa shape index (κ1) is 9.81. The Labute approximate surface area is 89.2 Å². The first-order valence-corrected chi connectivity index (χ1v) is 5.07. The topological polar surface area (TPSA) is 21.3 Å². The molecule has 0 bridgehead atoms. The van der Waals surface area contributed by atoms with Crippen molar-refractivity contribution < 1.29 is 4.74 Å². The molecular weight excluding hydrogens is 198 g/mol. The van der Waals surface area contributed by atoms with Crippen molar-refractivity contribution in [2.45, 2.75) is 18.9 Å². The van der Waals surface area contributed by atoms with Gasteiger partial charge in [0.15, 0.2) is 0 Å². The SMILES string of the molecule is COCC1(C)Cc2cccc(Cl)c2N1. The van der Waals surface area contributed by atoms with Crippen molar-refractivity contribution in [3.8, 4) is 0 Å². The molecule has 76 valence electrons. The van der Waals surface area contributed by atoms with Gasteiger partial charge in [-0.05, 0) is 25.0 Å². The number of methoxy groups -OCH3 is 1. The molecule has 0 fully saturated rings. The van der Waals surface area contributed by atoms with E-state index in [-0.39, 0.29) is 5.54 Å². The molecule has 0 radical (unpaired) electrons. The summed E-state index contributed by atoms with van der Waals surface area (Å²) in [6, 6.07) is 6.00. The summed E-state index contributed by atoms with van der Waals surface area (Å²) in [5.74, 6) is 0. The maximum atomic E-state index is 6.09. The van der Waals surface area contributed by atoms with E-state index in [1.807, 2.05) is 12.1 Å². The summed E-state index contributed by atoms with van der Waals surface area (Å²) in [6.07, 6.45) is 0.969. The highest BCUT2D eigenvalue weighted by Gasteiger charge is 2.33. The molecule has 1 unspecified atom stereocenters. The van der Waals surface area contributed by atoms with Gasteiger partial charge in [-0.15, -0.1) is 0 Å². The summed E-state index contributed by atoms with van der Waals surface area (Å²) in [6.45, 7) is 2.84.